The second-order valence-electron chi connectivity index (χ2n) is 7.84. The van der Waals surface area contributed by atoms with Gasteiger partial charge in [-0.1, -0.05) is 20.8 Å². The lowest BCUT2D eigenvalue weighted by molar-refractivity contribution is -0.127. The average molecular weight is 412 g/mol. The van der Waals surface area contributed by atoms with Gasteiger partial charge in [0.15, 0.2) is 0 Å². The number of amides is 3. The van der Waals surface area contributed by atoms with Crippen LogP contribution in [0.1, 0.15) is 65.7 Å². The van der Waals surface area contributed by atoms with Gasteiger partial charge in [0, 0.05) is 50.2 Å². The summed E-state index contributed by atoms with van der Waals surface area (Å²) in [5.74, 6) is 0.297. The summed E-state index contributed by atoms with van der Waals surface area (Å²) in [5.41, 5.74) is 0. The van der Waals surface area contributed by atoms with Crippen molar-refractivity contribution in [3.8, 4) is 0 Å². The summed E-state index contributed by atoms with van der Waals surface area (Å²) in [4.78, 5) is 46.7. The highest BCUT2D eigenvalue weighted by Gasteiger charge is 2.28. The zero-order chi connectivity index (χ0) is 21.6. The van der Waals surface area contributed by atoms with Crippen LogP contribution >= 0.6 is 0 Å². The van der Waals surface area contributed by atoms with Gasteiger partial charge in [0.25, 0.3) is 0 Å². The highest BCUT2D eigenvalue weighted by Crippen LogP contribution is 2.27. The maximum atomic E-state index is 12.0. The molecule has 1 rings (SSSR count). The van der Waals surface area contributed by atoms with Crippen LogP contribution in [0.4, 0.5) is 0 Å². The molecule has 1 saturated carbocycles. The first-order valence-electron chi connectivity index (χ1n) is 10.8. The summed E-state index contributed by atoms with van der Waals surface area (Å²) in [6.07, 6.45) is 4.31. The summed E-state index contributed by atoms with van der Waals surface area (Å²) in [6, 6.07) is 0.145. The number of ketones is 1. The SMILES string of the molecule is CCC(=O)NCCC(=O)NCCOCCC(=O)NC1CCC(C(=O)C(C)C)CC1. The van der Waals surface area contributed by atoms with Crippen molar-refractivity contribution in [3.05, 3.63) is 0 Å². The van der Waals surface area contributed by atoms with Crippen molar-refractivity contribution in [1.29, 1.82) is 0 Å². The Bertz CT molecular complexity index is 542. The van der Waals surface area contributed by atoms with Gasteiger partial charge in [-0.05, 0) is 25.7 Å². The van der Waals surface area contributed by atoms with E-state index in [1.807, 2.05) is 13.8 Å². The number of nitrogens with one attached hydrogen (secondary N) is 3. The first-order chi connectivity index (χ1) is 13.8. The largest absolute Gasteiger partial charge is 0.379 e. The number of ether oxygens (including phenoxy) is 1. The van der Waals surface area contributed by atoms with E-state index in [2.05, 4.69) is 16.0 Å². The highest BCUT2D eigenvalue weighted by molar-refractivity contribution is 5.83. The number of Topliss-reactive ketones (excluding diaryl/α,β-unsaturated/α-hetero) is 1. The molecule has 0 atom stereocenters. The zero-order valence-corrected chi connectivity index (χ0v) is 18.1. The van der Waals surface area contributed by atoms with Crippen molar-refractivity contribution in [2.45, 2.75) is 71.8 Å². The van der Waals surface area contributed by atoms with Crippen LogP contribution < -0.4 is 16.0 Å². The summed E-state index contributed by atoms with van der Waals surface area (Å²) >= 11 is 0. The topological polar surface area (TPSA) is 114 Å². The summed E-state index contributed by atoms with van der Waals surface area (Å²) < 4.78 is 5.39. The molecule has 1 aliphatic carbocycles. The van der Waals surface area contributed by atoms with E-state index in [1.54, 1.807) is 6.92 Å². The van der Waals surface area contributed by atoms with Crippen molar-refractivity contribution < 1.29 is 23.9 Å². The van der Waals surface area contributed by atoms with Crippen LogP contribution in [-0.4, -0.2) is 55.8 Å². The Hall–Kier alpha value is -1.96. The lowest BCUT2D eigenvalue weighted by Gasteiger charge is -2.29. The molecule has 0 unspecified atom stereocenters. The lowest BCUT2D eigenvalue weighted by atomic mass is 9.80. The number of carbonyl (C=O) groups excluding carboxylic acids is 4. The molecule has 1 aliphatic rings. The van der Waals surface area contributed by atoms with Gasteiger partial charge in [0.05, 0.1) is 13.2 Å². The fourth-order valence-electron chi connectivity index (χ4n) is 3.35. The molecule has 0 aromatic carbocycles. The fraction of sp³-hybridized carbons (Fsp3) is 0.810. The predicted molar refractivity (Wildman–Crippen MR) is 110 cm³/mol. The Balaban J connectivity index is 2.01. The minimum Gasteiger partial charge on any atom is -0.379 e. The number of carbonyl (C=O) groups is 4. The van der Waals surface area contributed by atoms with Gasteiger partial charge in [0.1, 0.15) is 5.78 Å². The van der Waals surface area contributed by atoms with Gasteiger partial charge in [-0.25, -0.2) is 0 Å². The van der Waals surface area contributed by atoms with Gasteiger partial charge in [-0.2, -0.15) is 0 Å². The molecule has 0 radical (unpaired) electrons. The molecule has 0 saturated heterocycles. The Kier molecular flexibility index (Phi) is 12.2. The maximum Gasteiger partial charge on any atom is 0.222 e. The van der Waals surface area contributed by atoms with E-state index in [9.17, 15) is 19.2 Å². The van der Waals surface area contributed by atoms with Crippen molar-refractivity contribution in [1.82, 2.24) is 16.0 Å². The smallest absolute Gasteiger partial charge is 0.222 e. The minimum atomic E-state index is -0.144. The van der Waals surface area contributed by atoms with Crippen LogP contribution in [0.2, 0.25) is 0 Å². The Morgan fingerprint density at radius 2 is 1.52 bits per heavy atom. The molecule has 0 aliphatic heterocycles. The maximum absolute atomic E-state index is 12.0. The molecule has 8 nitrogen and oxygen atoms in total. The second kappa shape index (κ2) is 14.1. The highest BCUT2D eigenvalue weighted by atomic mass is 16.5. The molecular formula is C21H37N3O5. The number of hydrogen-bond acceptors (Lipinski definition) is 5. The molecule has 0 spiro atoms. The monoisotopic (exact) mass is 411 g/mol. The molecule has 0 aromatic rings. The summed E-state index contributed by atoms with van der Waals surface area (Å²) in [7, 11) is 0. The Morgan fingerprint density at radius 1 is 0.862 bits per heavy atom. The molecule has 3 amide bonds. The van der Waals surface area contributed by atoms with Gasteiger partial charge in [0.2, 0.25) is 17.7 Å². The summed E-state index contributed by atoms with van der Waals surface area (Å²) in [6.45, 7) is 6.97. The molecule has 0 bridgehead atoms. The number of hydrogen-bond donors (Lipinski definition) is 3. The fourth-order valence-corrected chi connectivity index (χ4v) is 3.35. The van der Waals surface area contributed by atoms with Crippen LogP contribution in [0, 0.1) is 11.8 Å². The van der Waals surface area contributed by atoms with E-state index >= 15 is 0 Å². The third kappa shape index (κ3) is 11.0. The van der Waals surface area contributed by atoms with Crippen molar-refractivity contribution in [2.24, 2.45) is 11.8 Å². The van der Waals surface area contributed by atoms with E-state index in [-0.39, 0.29) is 48.4 Å². The van der Waals surface area contributed by atoms with Crippen molar-refractivity contribution in [3.63, 3.8) is 0 Å². The van der Waals surface area contributed by atoms with Crippen LogP contribution in [0.5, 0.6) is 0 Å². The third-order valence-electron chi connectivity index (χ3n) is 5.10. The van der Waals surface area contributed by atoms with Gasteiger partial charge < -0.3 is 20.7 Å². The van der Waals surface area contributed by atoms with Crippen LogP contribution in [-0.2, 0) is 23.9 Å². The van der Waals surface area contributed by atoms with Crippen LogP contribution in [0.15, 0.2) is 0 Å². The molecule has 1 fully saturated rings. The van der Waals surface area contributed by atoms with Gasteiger partial charge in [-0.15, -0.1) is 0 Å². The normalized spacial score (nSPS) is 18.9. The molecule has 8 heteroatoms. The minimum absolute atomic E-state index is 0.0423. The van der Waals surface area contributed by atoms with Crippen molar-refractivity contribution >= 4 is 23.5 Å². The molecule has 166 valence electrons. The standard InChI is InChI=1S/C21H37N3O5/c1-4-18(25)22-11-9-19(26)23-12-14-29-13-10-20(27)24-17-7-5-16(6-8-17)21(28)15(2)3/h15-17H,4-14H2,1-3H3,(H,22,25)(H,23,26)(H,24,27). The molecule has 3 N–H and O–H groups in total. The van der Waals surface area contributed by atoms with Crippen molar-refractivity contribution in [2.75, 3.05) is 26.3 Å². The van der Waals surface area contributed by atoms with Crippen LogP contribution in [0.25, 0.3) is 0 Å². The zero-order valence-electron chi connectivity index (χ0n) is 18.1. The predicted octanol–water partition coefficient (Wildman–Crippen LogP) is 1.33. The summed E-state index contributed by atoms with van der Waals surface area (Å²) in [5, 5.41) is 8.37. The van der Waals surface area contributed by atoms with Gasteiger partial charge >= 0.3 is 0 Å². The van der Waals surface area contributed by atoms with E-state index in [1.165, 1.54) is 0 Å². The molecule has 0 aromatic heterocycles. The molecule has 0 heterocycles. The first-order valence-corrected chi connectivity index (χ1v) is 10.8. The van der Waals surface area contributed by atoms with Crippen LogP contribution in [0.3, 0.4) is 0 Å². The van der Waals surface area contributed by atoms with E-state index in [0.29, 0.717) is 38.5 Å². The quantitative estimate of drug-likeness (QED) is 0.396. The molecular weight excluding hydrogens is 374 g/mol. The molecule has 29 heavy (non-hydrogen) atoms. The van der Waals surface area contributed by atoms with E-state index in [0.717, 1.165) is 25.7 Å². The third-order valence-corrected chi connectivity index (χ3v) is 5.10. The first kappa shape index (κ1) is 25.1. The van der Waals surface area contributed by atoms with E-state index < -0.39 is 0 Å². The Labute approximate surface area is 173 Å². The average Bonchev–Trinajstić information content (AvgIpc) is 2.70. The van der Waals surface area contributed by atoms with Gasteiger partial charge in [-0.3, -0.25) is 19.2 Å². The Morgan fingerprint density at radius 3 is 2.14 bits per heavy atom. The number of rotatable bonds is 13. The van der Waals surface area contributed by atoms with E-state index in [4.69, 9.17) is 4.74 Å². The lowest BCUT2D eigenvalue weighted by Crippen LogP contribution is -2.39. The second-order valence-corrected chi connectivity index (χ2v) is 7.84.